The molecule has 1 aliphatic carbocycles. The van der Waals surface area contributed by atoms with Crippen molar-refractivity contribution in [2.24, 2.45) is 0 Å². The summed E-state index contributed by atoms with van der Waals surface area (Å²) in [5, 5.41) is 10.5. The highest BCUT2D eigenvalue weighted by atomic mass is 35.5. The van der Waals surface area contributed by atoms with Crippen LogP contribution < -0.4 is 14.2 Å². The first-order valence-corrected chi connectivity index (χ1v) is 11.4. The van der Waals surface area contributed by atoms with Crippen molar-refractivity contribution in [2.45, 2.75) is 18.9 Å². The zero-order chi connectivity index (χ0) is 22.2. The molecule has 2 aromatic rings. The monoisotopic (exact) mass is 476 g/mol. The number of ether oxygens (including phenoxy) is 4. The number of aromatic hydroxyl groups is 1. The van der Waals surface area contributed by atoms with Crippen molar-refractivity contribution in [3.05, 3.63) is 34.9 Å². The summed E-state index contributed by atoms with van der Waals surface area (Å²) in [5.41, 5.74) is 5.66. The normalized spacial score (nSPS) is 19.8. The maximum atomic E-state index is 10.5. The van der Waals surface area contributed by atoms with Gasteiger partial charge in [0.2, 0.25) is 0 Å². The Morgan fingerprint density at radius 2 is 1.70 bits per heavy atom. The number of phenols is 1. The first-order chi connectivity index (χ1) is 15.7. The SMILES string of the molecule is COc1cc2c3c(c1OC)-c1c(ccc(O)c1OC)C[C@@H]3N(CCN1CCOCC1)CC2.Cl. The van der Waals surface area contributed by atoms with Crippen molar-refractivity contribution in [3.63, 3.8) is 0 Å². The molecule has 0 bridgehead atoms. The number of phenolic OH excluding ortho intramolecular Hbond substituents is 1. The average molecular weight is 477 g/mol. The van der Waals surface area contributed by atoms with E-state index in [0.29, 0.717) is 11.5 Å². The molecule has 5 rings (SSSR count). The molecule has 2 aromatic carbocycles. The first kappa shape index (κ1) is 24.0. The number of halogens is 1. The van der Waals surface area contributed by atoms with Crippen molar-refractivity contribution in [3.8, 4) is 34.1 Å². The van der Waals surface area contributed by atoms with Crippen LogP contribution in [-0.4, -0.2) is 82.2 Å². The smallest absolute Gasteiger partial charge is 0.169 e. The van der Waals surface area contributed by atoms with E-state index < -0.39 is 0 Å². The molecule has 8 heteroatoms. The van der Waals surface area contributed by atoms with E-state index in [9.17, 15) is 5.11 Å². The number of hydrogen-bond acceptors (Lipinski definition) is 7. The van der Waals surface area contributed by atoms with Crippen LogP contribution in [0.2, 0.25) is 0 Å². The molecule has 0 unspecified atom stereocenters. The van der Waals surface area contributed by atoms with Crippen LogP contribution in [0.3, 0.4) is 0 Å². The fourth-order valence-electron chi connectivity index (χ4n) is 5.57. The van der Waals surface area contributed by atoms with Gasteiger partial charge in [0, 0.05) is 49.9 Å². The van der Waals surface area contributed by atoms with Crippen molar-refractivity contribution < 1.29 is 24.1 Å². The lowest BCUT2D eigenvalue weighted by atomic mass is 9.76. The number of nitrogens with zero attached hydrogens (tertiary/aromatic N) is 2. The number of hydrogen-bond donors (Lipinski definition) is 1. The Morgan fingerprint density at radius 1 is 0.939 bits per heavy atom. The predicted molar refractivity (Wildman–Crippen MR) is 129 cm³/mol. The molecule has 2 heterocycles. The Morgan fingerprint density at radius 3 is 2.39 bits per heavy atom. The van der Waals surface area contributed by atoms with E-state index in [-0.39, 0.29) is 24.2 Å². The summed E-state index contributed by atoms with van der Waals surface area (Å²) in [6, 6.07) is 6.14. The van der Waals surface area contributed by atoms with Gasteiger partial charge in [0.15, 0.2) is 23.0 Å². The number of methoxy groups -OCH3 is 3. The molecule has 0 spiro atoms. The van der Waals surface area contributed by atoms with Gasteiger partial charge < -0.3 is 24.1 Å². The van der Waals surface area contributed by atoms with Crippen molar-refractivity contribution >= 4 is 12.4 Å². The molecule has 180 valence electrons. The second-order valence-corrected chi connectivity index (χ2v) is 8.67. The zero-order valence-corrected chi connectivity index (χ0v) is 20.4. The number of morpholine rings is 1. The summed E-state index contributed by atoms with van der Waals surface area (Å²) < 4.78 is 22.8. The third kappa shape index (κ3) is 4.12. The molecule has 1 N–H and O–H groups in total. The molecule has 1 fully saturated rings. The zero-order valence-electron chi connectivity index (χ0n) is 19.6. The summed E-state index contributed by atoms with van der Waals surface area (Å²) in [5.74, 6) is 2.07. The Hall–Kier alpha value is -2.19. The third-order valence-corrected chi connectivity index (χ3v) is 7.14. The minimum absolute atomic E-state index is 0. The Kier molecular flexibility index (Phi) is 7.24. The molecule has 3 aliphatic rings. The van der Waals surface area contributed by atoms with Gasteiger partial charge in [-0.05, 0) is 41.7 Å². The molecule has 0 saturated carbocycles. The Bertz CT molecular complexity index is 1010. The highest BCUT2D eigenvalue weighted by Crippen LogP contribution is 2.56. The van der Waals surface area contributed by atoms with Gasteiger partial charge >= 0.3 is 0 Å². The van der Waals surface area contributed by atoms with E-state index in [4.69, 9.17) is 18.9 Å². The fourth-order valence-corrected chi connectivity index (χ4v) is 5.57. The van der Waals surface area contributed by atoms with E-state index in [1.807, 2.05) is 6.07 Å². The van der Waals surface area contributed by atoms with E-state index in [1.165, 1.54) is 11.1 Å². The number of rotatable bonds is 6. The lowest BCUT2D eigenvalue weighted by molar-refractivity contribution is 0.0300. The second kappa shape index (κ2) is 9.97. The Balaban J connectivity index is 0.00000259. The molecule has 2 aliphatic heterocycles. The van der Waals surface area contributed by atoms with Crippen LogP contribution in [0.5, 0.6) is 23.0 Å². The van der Waals surface area contributed by atoms with Gasteiger partial charge in [0.05, 0.1) is 34.5 Å². The standard InChI is InChI=1S/C25H32N2O5.ClH/c1-29-20-15-17-6-7-27(9-8-26-10-12-32-13-11-26)18-14-16-4-5-19(28)24(30-2)22(16)23(21(17)18)25(20)31-3;/h4-5,15,18,28H,6-14H2,1-3H3;1H/t18-;/m0./s1. The van der Waals surface area contributed by atoms with Crippen LogP contribution in [0.15, 0.2) is 18.2 Å². The van der Waals surface area contributed by atoms with Crippen molar-refractivity contribution in [1.29, 1.82) is 0 Å². The Labute approximate surface area is 201 Å². The van der Waals surface area contributed by atoms with Gasteiger partial charge in [-0.15, -0.1) is 12.4 Å². The van der Waals surface area contributed by atoms with Gasteiger partial charge in [-0.25, -0.2) is 0 Å². The highest BCUT2D eigenvalue weighted by Gasteiger charge is 2.39. The predicted octanol–water partition coefficient (Wildman–Crippen LogP) is 3.29. The maximum Gasteiger partial charge on any atom is 0.169 e. The third-order valence-electron chi connectivity index (χ3n) is 7.14. The molecule has 33 heavy (non-hydrogen) atoms. The minimum atomic E-state index is 0. The molecular weight excluding hydrogens is 444 g/mol. The summed E-state index contributed by atoms with van der Waals surface area (Å²) in [6.07, 6.45) is 1.84. The number of benzene rings is 2. The van der Waals surface area contributed by atoms with Crippen LogP contribution in [-0.2, 0) is 17.6 Å². The second-order valence-electron chi connectivity index (χ2n) is 8.67. The fraction of sp³-hybridized carbons (Fsp3) is 0.520. The van der Waals surface area contributed by atoms with Crippen molar-refractivity contribution in [1.82, 2.24) is 9.80 Å². The lowest BCUT2D eigenvalue weighted by Crippen LogP contribution is -2.45. The van der Waals surface area contributed by atoms with Gasteiger partial charge in [-0.1, -0.05) is 6.07 Å². The maximum absolute atomic E-state index is 10.5. The summed E-state index contributed by atoms with van der Waals surface area (Å²) >= 11 is 0. The molecular formula is C25H33ClN2O5. The average Bonchev–Trinajstić information content (AvgIpc) is 2.83. The van der Waals surface area contributed by atoms with Crippen LogP contribution in [0.25, 0.3) is 11.1 Å². The van der Waals surface area contributed by atoms with E-state index in [2.05, 4.69) is 15.9 Å². The van der Waals surface area contributed by atoms with Gasteiger partial charge in [-0.3, -0.25) is 9.80 Å². The van der Waals surface area contributed by atoms with Crippen LogP contribution in [0, 0.1) is 0 Å². The van der Waals surface area contributed by atoms with Gasteiger partial charge in [0.25, 0.3) is 0 Å². The summed E-state index contributed by atoms with van der Waals surface area (Å²) in [7, 11) is 4.96. The van der Waals surface area contributed by atoms with E-state index in [1.54, 1.807) is 27.4 Å². The summed E-state index contributed by atoms with van der Waals surface area (Å²) in [6.45, 7) is 6.73. The van der Waals surface area contributed by atoms with Gasteiger partial charge in [-0.2, -0.15) is 0 Å². The van der Waals surface area contributed by atoms with Gasteiger partial charge in [0.1, 0.15) is 0 Å². The molecule has 1 atom stereocenters. The van der Waals surface area contributed by atoms with Crippen LogP contribution in [0.1, 0.15) is 22.7 Å². The van der Waals surface area contributed by atoms with Crippen molar-refractivity contribution in [2.75, 3.05) is 67.3 Å². The molecule has 0 radical (unpaired) electrons. The topological polar surface area (TPSA) is 63.6 Å². The quantitative estimate of drug-likeness (QED) is 0.686. The number of fused-ring (bicyclic) bond motifs is 2. The summed E-state index contributed by atoms with van der Waals surface area (Å²) in [4.78, 5) is 5.10. The molecule has 0 aromatic heterocycles. The first-order valence-electron chi connectivity index (χ1n) is 11.4. The molecule has 7 nitrogen and oxygen atoms in total. The van der Waals surface area contributed by atoms with E-state index in [0.717, 1.165) is 81.2 Å². The molecule has 1 saturated heterocycles. The highest BCUT2D eigenvalue weighted by molar-refractivity contribution is 5.88. The van der Waals surface area contributed by atoms with Crippen LogP contribution in [0.4, 0.5) is 0 Å². The molecule has 0 amide bonds. The van der Waals surface area contributed by atoms with E-state index >= 15 is 0 Å². The minimum Gasteiger partial charge on any atom is -0.504 e. The largest absolute Gasteiger partial charge is 0.504 e. The lowest BCUT2D eigenvalue weighted by Gasteiger charge is -2.43. The van der Waals surface area contributed by atoms with Crippen LogP contribution >= 0.6 is 12.4 Å².